The third-order valence-corrected chi connectivity index (χ3v) is 4.76. The van der Waals surface area contributed by atoms with Gasteiger partial charge in [0.25, 0.3) is 5.91 Å². The number of benzene rings is 1. The van der Waals surface area contributed by atoms with Gasteiger partial charge in [-0.1, -0.05) is 6.92 Å². The van der Waals surface area contributed by atoms with Gasteiger partial charge in [-0.2, -0.15) is 0 Å². The molecule has 0 saturated heterocycles. The largest absolute Gasteiger partial charge is 0.350 e. The maximum absolute atomic E-state index is 12.0. The molecule has 0 aromatic heterocycles. The van der Waals surface area contributed by atoms with Crippen LogP contribution in [0.4, 0.5) is 0 Å². The lowest BCUT2D eigenvalue weighted by Gasteiger charge is -2.19. The molecule has 2 N–H and O–H groups in total. The quantitative estimate of drug-likeness (QED) is 0.775. The summed E-state index contributed by atoms with van der Waals surface area (Å²) in [7, 11) is 0.405. The van der Waals surface area contributed by atoms with Crippen molar-refractivity contribution in [2.45, 2.75) is 24.8 Å². The van der Waals surface area contributed by atoms with Crippen molar-refractivity contribution in [1.82, 2.24) is 14.9 Å². The van der Waals surface area contributed by atoms with E-state index in [-0.39, 0.29) is 16.8 Å². The zero-order valence-electron chi connectivity index (χ0n) is 12.9. The summed E-state index contributed by atoms with van der Waals surface area (Å²) in [4.78, 5) is 14.1. The van der Waals surface area contributed by atoms with E-state index < -0.39 is 10.0 Å². The number of nitrogens with one attached hydrogen (secondary N) is 2. The molecule has 0 fully saturated rings. The van der Waals surface area contributed by atoms with Gasteiger partial charge < -0.3 is 10.2 Å². The zero-order chi connectivity index (χ0) is 16.0. The molecule has 1 aromatic rings. The monoisotopic (exact) mass is 313 g/mol. The number of sulfonamides is 1. The van der Waals surface area contributed by atoms with Gasteiger partial charge in [-0.15, -0.1) is 0 Å². The molecular formula is C14H23N3O3S. The Bertz CT molecular complexity index is 568. The standard InChI is InChI=1S/C14H23N3O3S/c1-5-16-21(19,20)13-8-6-12(7-9-13)14(18)15-10-11(2)17(3)4/h6-9,11,16H,5,10H2,1-4H3,(H,15,18)/t11-/m1/s1. The lowest BCUT2D eigenvalue weighted by molar-refractivity contribution is 0.0943. The van der Waals surface area contributed by atoms with Crippen LogP contribution in [0, 0.1) is 0 Å². The normalized spacial score (nSPS) is 13.2. The van der Waals surface area contributed by atoms with Crippen molar-refractivity contribution in [3.63, 3.8) is 0 Å². The van der Waals surface area contributed by atoms with E-state index in [1.807, 2.05) is 25.9 Å². The van der Waals surface area contributed by atoms with Crippen LogP contribution in [-0.2, 0) is 10.0 Å². The number of carbonyl (C=O) groups excluding carboxylic acids is 1. The van der Waals surface area contributed by atoms with Gasteiger partial charge in [0.2, 0.25) is 10.0 Å². The highest BCUT2D eigenvalue weighted by Gasteiger charge is 2.14. The van der Waals surface area contributed by atoms with E-state index in [9.17, 15) is 13.2 Å². The van der Waals surface area contributed by atoms with E-state index in [2.05, 4.69) is 10.0 Å². The van der Waals surface area contributed by atoms with Crippen molar-refractivity contribution >= 4 is 15.9 Å². The molecule has 0 saturated carbocycles. The second-order valence-electron chi connectivity index (χ2n) is 5.05. The molecule has 1 aromatic carbocycles. The van der Waals surface area contributed by atoms with E-state index in [1.54, 1.807) is 6.92 Å². The summed E-state index contributed by atoms with van der Waals surface area (Å²) in [6, 6.07) is 6.12. The fourth-order valence-corrected chi connectivity index (χ4v) is 2.62. The lowest BCUT2D eigenvalue weighted by atomic mass is 10.2. The molecule has 0 aliphatic rings. The zero-order valence-corrected chi connectivity index (χ0v) is 13.7. The molecule has 1 amide bonds. The second kappa shape index (κ2) is 7.53. The highest BCUT2D eigenvalue weighted by Crippen LogP contribution is 2.10. The van der Waals surface area contributed by atoms with E-state index >= 15 is 0 Å². The fraction of sp³-hybridized carbons (Fsp3) is 0.500. The van der Waals surface area contributed by atoms with E-state index in [0.717, 1.165) is 0 Å². The number of amides is 1. The molecule has 0 spiro atoms. The van der Waals surface area contributed by atoms with Crippen molar-refractivity contribution in [2.24, 2.45) is 0 Å². The summed E-state index contributed by atoms with van der Waals surface area (Å²) in [5, 5.41) is 2.82. The van der Waals surface area contributed by atoms with Crippen molar-refractivity contribution in [2.75, 3.05) is 27.2 Å². The molecule has 0 bridgehead atoms. The van der Waals surface area contributed by atoms with Crippen LogP contribution in [0.25, 0.3) is 0 Å². The molecule has 0 aliphatic heterocycles. The minimum atomic E-state index is -3.48. The van der Waals surface area contributed by atoms with Crippen molar-refractivity contribution in [1.29, 1.82) is 0 Å². The van der Waals surface area contributed by atoms with Gasteiger partial charge in [-0.05, 0) is 45.3 Å². The highest BCUT2D eigenvalue weighted by molar-refractivity contribution is 7.89. The first-order valence-corrected chi connectivity index (χ1v) is 8.30. The maximum Gasteiger partial charge on any atom is 0.251 e. The summed E-state index contributed by atoms with van der Waals surface area (Å²) in [5.74, 6) is -0.212. The number of hydrogen-bond acceptors (Lipinski definition) is 4. The van der Waals surface area contributed by atoms with Crippen molar-refractivity contribution in [3.05, 3.63) is 29.8 Å². The van der Waals surface area contributed by atoms with Crippen LogP contribution in [0.3, 0.4) is 0 Å². The van der Waals surface area contributed by atoms with Crippen molar-refractivity contribution < 1.29 is 13.2 Å². The first kappa shape index (κ1) is 17.6. The second-order valence-corrected chi connectivity index (χ2v) is 6.82. The number of likely N-dealkylation sites (N-methyl/N-ethyl adjacent to an activating group) is 1. The Balaban J connectivity index is 2.72. The Kier molecular flexibility index (Phi) is 6.32. The van der Waals surface area contributed by atoms with Crippen molar-refractivity contribution in [3.8, 4) is 0 Å². The Morgan fingerprint density at radius 1 is 1.24 bits per heavy atom. The maximum atomic E-state index is 12.0. The van der Waals surface area contributed by atoms with Gasteiger partial charge in [0.15, 0.2) is 0 Å². The molecular weight excluding hydrogens is 290 g/mol. The van der Waals surface area contributed by atoms with E-state index in [4.69, 9.17) is 0 Å². The molecule has 0 heterocycles. The number of hydrogen-bond donors (Lipinski definition) is 2. The van der Waals surface area contributed by atoms with Gasteiger partial charge in [0.1, 0.15) is 0 Å². The average molecular weight is 313 g/mol. The van der Waals surface area contributed by atoms with Crippen LogP contribution >= 0.6 is 0 Å². The minimum absolute atomic E-state index is 0.155. The molecule has 0 unspecified atom stereocenters. The van der Waals surface area contributed by atoms with Gasteiger partial charge in [0.05, 0.1) is 4.90 Å². The van der Waals surface area contributed by atoms with Gasteiger partial charge >= 0.3 is 0 Å². The molecule has 6 nitrogen and oxygen atoms in total. The van der Waals surface area contributed by atoms with Gasteiger partial charge in [0, 0.05) is 24.7 Å². The Morgan fingerprint density at radius 3 is 2.29 bits per heavy atom. The molecule has 0 aliphatic carbocycles. The molecule has 7 heteroatoms. The topological polar surface area (TPSA) is 78.5 Å². The van der Waals surface area contributed by atoms with Crippen LogP contribution < -0.4 is 10.0 Å². The number of rotatable bonds is 7. The summed E-state index contributed by atoms with van der Waals surface area (Å²) < 4.78 is 26.0. The van der Waals surface area contributed by atoms with Crippen LogP contribution in [0.1, 0.15) is 24.2 Å². The molecule has 1 rings (SSSR count). The molecule has 0 radical (unpaired) electrons. The third-order valence-electron chi connectivity index (χ3n) is 3.20. The Hall–Kier alpha value is -1.44. The number of nitrogens with zero attached hydrogens (tertiary/aromatic N) is 1. The van der Waals surface area contributed by atoms with E-state index in [1.165, 1.54) is 24.3 Å². The highest BCUT2D eigenvalue weighted by atomic mass is 32.2. The molecule has 1 atom stereocenters. The Morgan fingerprint density at radius 2 is 1.81 bits per heavy atom. The Labute approximate surface area is 126 Å². The van der Waals surface area contributed by atoms with Gasteiger partial charge in [-0.3, -0.25) is 4.79 Å². The lowest BCUT2D eigenvalue weighted by Crippen LogP contribution is -2.38. The summed E-state index contributed by atoms with van der Waals surface area (Å²) >= 11 is 0. The first-order valence-electron chi connectivity index (χ1n) is 6.82. The van der Waals surface area contributed by atoms with Gasteiger partial charge in [-0.25, -0.2) is 13.1 Å². The average Bonchev–Trinajstić information content (AvgIpc) is 2.44. The molecule has 21 heavy (non-hydrogen) atoms. The van der Waals surface area contributed by atoms with Crippen LogP contribution in [-0.4, -0.2) is 52.5 Å². The summed E-state index contributed by atoms with van der Waals surface area (Å²) in [6.07, 6.45) is 0. The smallest absolute Gasteiger partial charge is 0.251 e. The van der Waals surface area contributed by atoms with Crippen LogP contribution in [0.5, 0.6) is 0 Å². The predicted molar refractivity (Wildman–Crippen MR) is 82.8 cm³/mol. The SMILES string of the molecule is CCNS(=O)(=O)c1ccc(C(=O)NC[C@@H](C)N(C)C)cc1. The summed E-state index contributed by atoms with van der Waals surface area (Å²) in [5.41, 5.74) is 0.441. The fourth-order valence-electron chi connectivity index (χ4n) is 1.58. The predicted octanol–water partition coefficient (Wildman–Crippen LogP) is 0.665. The third kappa shape index (κ3) is 5.11. The minimum Gasteiger partial charge on any atom is -0.350 e. The number of carbonyl (C=O) groups is 1. The van der Waals surface area contributed by atoms with E-state index in [0.29, 0.717) is 18.7 Å². The molecule has 118 valence electrons. The van der Waals surface area contributed by atoms with Crippen LogP contribution in [0.2, 0.25) is 0 Å². The first-order chi connectivity index (χ1) is 9.77. The van der Waals surface area contributed by atoms with Crippen LogP contribution in [0.15, 0.2) is 29.2 Å². The summed E-state index contributed by atoms with van der Waals surface area (Å²) in [6.45, 7) is 4.58.